The highest BCUT2D eigenvalue weighted by Crippen LogP contribution is 2.63. The van der Waals surface area contributed by atoms with Crippen LogP contribution in [0.2, 0.25) is 0 Å². The summed E-state index contributed by atoms with van der Waals surface area (Å²) in [6.07, 6.45) is 5.19. The zero-order valence-electron chi connectivity index (χ0n) is 22.7. The molecule has 2 amide bonds. The lowest BCUT2D eigenvalue weighted by Crippen LogP contribution is -2.60. The van der Waals surface area contributed by atoms with E-state index in [0.29, 0.717) is 32.2 Å². The van der Waals surface area contributed by atoms with Gasteiger partial charge in [-0.25, -0.2) is 0 Å². The van der Waals surface area contributed by atoms with Gasteiger partial charge >= 0.3 is 5.97 Å². The summed E-state index contributed by atoms with van der Waals surface area (Å²) in [7, 11) is 0. The summed E-state index contributed by atoms with van der Waals surface area (Å²) in [4.78, 5) is 45.2. The van der Waals surface area contributed by atoms with Gasteiger partial charge in [0.1, 0.15) is 17.6 Å². The SMILES string of the molecule is C=CCCOC(=O)[C@@H]1[C@H]2C(=O)N([C@@H](CO)Cc3ccccc3)C(C(=O)N(CC=C)C(C)C)C23CC[C@@]1(C)O3. The normalized spacial score (nSPS) is 30.3. The van der Waals surface area contributed by atoms with Gasteiger partial charge in [-0.2, -0.15) is 0 Å². The topological polar surface area (TPSA) is 96.4 Å². The molecule has 1 aromatic carbocycles. The van der Waals surface area contributed by atoms with Gasteiger partial charge < -0.3 is 24.4 Å². The van der Waals surface area contributed by atoms with Crippen molar-refractivity contribution in [2.45, 2.75) is 75.8 Å². The number of amides is 2. The van der Waals surface area contributed by atoms with Crippen molar-refractivity contribution in [3.63, 3.8) is 0 Å². The maximum atomic E-state index is 14.3. The number of aliphatic hydroxyl groups excluding tert-OH is 1. The quantitative estimate of drug-likeness (QED) is 0.257. The van der Waals surface area contributed by atoms with Crippen LogP contribution in [0.25, 0.3) is 0 Å². The van der Waals surface area contributed by atoms with Crippen molar-refractivity contribution in [2.24, 2.45) is 11.8 Å². The van der Waals surface area contributed by atoms with E-state index in [9.17, 15) is 19.5 Å². The third-order valence-corrected chi connectivity index (χ3v) is 8.42. The summed E-state index contributed by atoms with van der Waals surface area (Å²) in [5.74, 6) is -2.79. The van der Waals surface area contributed by atoms with Crippen LogP contribution in [0.4, 0.5) is 0 Å². The van der Waals surface area contributed by atoms with E-state index in [4.69, 9.17) is 9.47 Å². The van der Waals surface area contributed by atoms with Crippen molar-refractivity contribution in [3.05, 3.63) is 61.2 Å². The van der Waals surface area contributed by atoms with Crippen molar-refractivity contribution < 1.29 is 29.0 Å². The van der Waals surface area contributed by atoms with Gasteiger partial charge in [-0.15, -0.1) is 13.2 Å². The summed E-state index contributed by atoms with van der Waals surface area (Å²) in [5, 5.41) is 10.5. The number of likely N-dealkylation sites (tertiary alicyclic amines) is 1. The average Bonchev–Trinajstić information content (AvgIpc) is 3.46. The number of fused-ring (bicyclic) bond motifs is 1. The third-order valence-electron chi connectivity index (χ3n) is 8.42. The molecule has 2 bridgehead atoms. The number of carbonyl (C=O) groups excluding carboxylic acids is 3. The van der Waals surface area contributed by atoms with Crippen LogP contribution in [0.3, 0.4) is 0 Å². The number of hydrogen-bond acceptors (Lipinski definition) is 6. The molecule has 38 heavy (non-hydrogen) atoms. The van der Waals surface area contributed by atoms with Gasteiger partial charge in [-0.1, -0.05) is 42.5 Å². The highest BCUT2D eigenvalue weighted by Gasteiger charge is 2.79. The first-order valence-electron chi connectivity index (χ1n) is 13.5. The molecule has 0 radical (unpaired) electrons. The van der Waals surface area contributed by atoms with Gasteiger partial charge in [0.15, 0.2) is 0 Å². The second kappa shape index (κ2) is 11.0. The van der Waals surface area contributed by atoms with Crippen LogP contribution in [0.15, 0.2) is 55.6 Å². The lowest BCUT2D eigenvalue weighted by Gasteiger charge is -2.40. The van der Waals surface area contributed by atoms with Gasteiger partial charge in [-0.3, -0.25) is 14.4 Å². The predicted molar refractivity (Wildman–Crippen MR) is 143 cm³/mol. The number of hydrogen-bond donors (Lipinski definition) is 1. The standard InChI is InChI=1S/C30H40N2O6/c1-6-8-17-37-28(36)24-23-26(34)32(22(19-33)18-21-12-10-9-11-13-21)25(27(35)31(16-7-2)20(3)4)30(23)15-14-29(24,5)38-30/h6-7,9-13,20,22-25,33H,1-2,8,14-19H2,3-5H3/t22-,23+,24+,25?,29-,30?/m1/s1. The first kappa shape index (κ1) is 28.0. The van der Waals surface area contributed by atoms with Crippen LogP contribution in [-0.2, 0) is 30.3 Å². The highest BCUT2D eigenvalue weighted by molar-refractivity contribution is 5.98. The maximum Gasteiger partial charge on any atom is 0.312 e. The second-order valence-electron chi connectivity index (χ2n) is 11.1. The fourth-order valence-electron chi connectivity index (χ4n) is 6.72. The number of esters is 1. The lowest BCUT2D eigenvalue weighted by molar-refractivity contribution is -0.162. The summed E-state index contributed by atoms with van der Waals surface area (Å²) < 4.78 is 12.2. The molecule has 3 saturated heterocycles. The van der Waals surface area contributed by atoms with Gasteiger partial charge in [0.2, 0.25) is 11.8 Å². The largest absolute Gasteiger partial charge is 0.465 e. The number of ether oxygens (including phenoxy) is 2. The minimum Gasteiger partial charge on any atom is -0.465 e. The zero-order chi connectivity index (χ0) is 27.7. The summed E-state index contributed by atoms with van der Waals surface area (Å²) in [6.45, 7) is 13.3. The van der Waals surface area contributed by atoms with E-state index < -0.39 is 41.1 Å². The molecule has 0 saturated carbocycles. The summed E-state index contributed by atoms with van der Waals surface area (Å²) in [6, 6.07) is 7.78. The average molecular weight is 525 g/mol. The molecule has 3 fully saturated rings. The predicted octanol–water partition coefficient (Wildman–Crippen LogP) is 2.90. The number of carbonyl (C=O) groups is 3. The molecular weight excluding hydrogens is 484 g/mol. The molecule has 3 aliphatic rings. The number of benzene rings is 1. The minimum absolute atomic E-state index is 0.150. The van der Waals surface area contributed by atoms with Crippen LogP contribution in [0.1, 0.15) is 45.6 Å². The first-order chi connectivity index (χ1) is 18.1. The summed E-state index contributed by atoms with van der Waals surface area (Å²) in [5.41, 5.74) is -1.15. The van der Waals surface area contributed by atoms with Crippen molar-refractivity contribution in [1.29, 1.82) is 0 Å². The highest BCUT2D eigenvalue weighted by atomic mass is 16.6. The van der Waals surface area contributed by atoms with Crippen LogP contribution in [0, 0.1) is 11.8 Å². The molecule has 3 heterocycles. The Balaban J connectivity index is 1.79. The van der Waals surface area contributed by atoms with E-state index in [1.165, 1.54) is 4.90 Å². The van der Waals surface area contributed by atoms with Crippen LogP contribution >= 0.6 is 0 Å². The van der Waals surface area contributed by atoms with E-state index in [0.717, 1.165) is 5.56 Å². The molecule has 8 heteroatoms. The molecule has 1 aromatic rings. The van der Waals surface area contributed by atoms with E-state index in [1.54, 1.807) is 17.1 Å². The Morgan fingerprint density at radius 1 is 1.24 bits per heavy atom. The fraction of sp³-hybridized carbons (Fsp3) is 0.567. The Bertz CT molecular complexity index is 1070. The van der Waals surface area contributed by atoms with E-state index >= 15 is 0 Å². The zero-order valence-corrected chi connectivity index (χ0v) is 22.7. The van der Waals surface area contributed by atoms with Crippen LogP contribution in [-0.4, -0.2) is 81.8 Å². The minimum atomic E-state index is -1.18. The van der Waals surface area contributed by atoms with Crippen molar-refractivity contribution in [2.75, 3.05) is 19.8 Å². The fourth-order valence-corrected chi connectivity index (χ4v) is 6.72. The molecule has 4 rings (SSSR count). The summed E-state index contributed by atoms with van der Waals surface area (Å²) >= 11 is 0. The lowest BCUT2D eigenvalue weighted by atomic mass is 9.66. The Morgan fingerprint density at radius 3 is 2.55 bits per heavy atom. The van der Waals surface area contributed by atoms with E-state index in [2.05, 4.69) is 13.2 Å². The van der Waals surface area contributed by atoms with Crippen LogP contribution in [0.5, 0.6) is 0 Å². The molecule has 1 N–H and O–H groups in total. The van der Waals surface area contributed by atoms with Crippen molar-refractivity contribution in [1.82, 2.24) is 9.80 Å². The molecule has 6 atom stereocenters. The Hall–Kier alpha value is -2.97. The Kier molecular flexibility index (Phi) is 8.14. The maximum absolute atomic E-state index is 14.3. The van der Waals surface area contributed by atoms with Gasteiger partial charge in [0.25, 0.3) is 0 Å². The molecule has 3 aliphatic heterocycles. The third kappa shape index (κ3) is 4.58. The monoisotopic (exact) mass is 524 g/mol. The molecule has 206 valence electrons. The Morgan fingerprint density at radius 2 is 1.95 bits per heavy atom. The van der Waals surface area contributed by atoms with Gasteiger partial charge in [0, 0.05) is 12.6 Å². The second-order valence-corrected chi connectivity index (χ2v) is 11.1. The van der Waals surface area contributed by atoms with Crippen molar-refractivity contribution in [3.8, 4) is 0 Å². The Labute approximate surface area is 225 Å². The van der Waals surface area contributed by atoms with Gasteiger partial charge in [0.05, 0.1) is 30.8 Å². The number of nitrogens with zero attached hydrogens (tertiary/aromatic N) is 2. The number of rotatable bonds is 12. The molecule has 0 aromatic heterocycles. The smallest absolute Gasteiger partial charge is 0.312 e. The van der Waals surface area contributed by atoms with Crippen LogP contribution < -0.4 is 0 Å². The van der Waals surface area contributed by atoms with E-state index in [-0.39, 0.29) is 31.1 Å². The molecule has 2 unspecified atom stereocenters. The van der Waals surface area contributed by atoms with Crippen molar-refractivity contribution >= 4 is 17.8 Å². The molecular formula is C30H40N2O6. The number of aliphatic hydroxyl groups is 1. The molecule has 0 aliphatic carbocycles. The van der Waals surface area contributed by atoms with E-state index in [1.807, 2.05) is 51.1 Å². The van der Waals surface area contributed by atoms with Gasteiger partial charge in [-0.05, 0) is 52.0 Å². The first-order valence-corrected chi connectivity index (χ1v) is 13.5. The molecule has 1 spiro atoms. The molecule has 8 nitrogen and oxygen atoms in total.